The molecule has 3 rings (SSSR count). The number of carbonyl (C=O) groups is 2. The molecule has 2 N–H and O–H groups in total. The average molecular weight is 388 g/mol. The molecular weight excluding hydrogens is 369 g/mol. The molecule has 1 aliphatic carbocycles. The summed E-state index contributed by atoms with van der Waals surface area (Å²) in [5.74, 6) is 0.117. The van der Waals surface area contributed by atoms with Gasteiger partial charge in [0.05, 0.1) is 6.04 Å². The molecule has 1 aromatic rings. The topological polar surface area (TPSA) is 84.0 Å². The molecule has 6 nitrogen and oxygen atoms in total. The summed E-state index contributed by atoms with van der Waals surface area (Å²) in [5, 5.41) is 10.4. The zero-order valence-electron chi connectivity index (χ0n) is 13.9. The Morgan fingerprint density at radius 3 is 2.58 bits per heavy atom. The van der Waals surface area contributed by atoms with Crippen LogP contribution in [0.15, 0.2) is 12.2 Å². The van der Waals surface area contributed by atoms with Crippen LogP contribution in [0.1, 0.15) is 37.1 Å². The number of nitrogens with zero attached hydrogens (tertiary/aromatic N) is 2. The fraction of sp³-hybridized carbons (Fsp3) is 0.625. The highest BCUT2D eigenvalue weighted by molar-refractivity contribution is 7.15. The van der Waals surface area contributed by atoms with Crippen LogP contribution in [0.5, 0.6) is 0 Å². The molecule has 1 aliphatic heterocycles. The predicted octanol–water partition coefficient (Wildman–Crippen LogP) is 2.79. The van der Waals surface area contributed by atoms with E-state index in [-0.39, 0.29) is 34.2 Å². The number of amides is 1. The van der Waals surface area contributed by atoms with E-state index < -0.39 is 17.1 Å². The minimum atomic E-state index is -4.58. The third-order valence-corrected chi connectivity index (χ3v) is 5.31. The van der Waals surface area contributed by atoms with Crippen molar-refractivity contribution in [3.63, 3.8) is 0 Å². The molecular formula is C16H19F3N4O2S. The van der Waals surface area contributed by atoms with E-state index in [1.54, 1.807) is 6.08 Å². The minimum Gasteiger partial charge on any atom is -0.307 e. The van der Waals surface area contributed by atoms with Crippen LogP contribution in [-0.4, -0.2) is 34.5 Å². The third-order valence-electron chi connectivity index (χ3n) is 4.43. The first kappa shape index (κ1) is 19.0. The zero-order valence-corrected chi connectivity index (χ0v) is 14.7. The molecule has 0 spiro atoms. The Morgan fingerprint density at radius 2 is 2.04 bits per heavy atom. The predicted molar refractivity (Wildman–Crippen MR) is 89.5 cm³/mol. The Hall–Kier alpha value is -1.81. The van der Waals surface area contributed by atoms with E-state index in [9.17, 15) is 22.8 Å². The van der Waals surface area contributed by atoms with Gasteiger partial charge >= 0.3 is 6.18 Å². The molecule has 1 saturated carbocycles. The van der Waals surface area contributed by atoms with Crippen molar-refractivity contribution < 1.29 is 22.8 Å². The molecule has 2 heterocycles. The largest absolute Gasteiger partial charge is 0.445 e. The number of hydrogen-bond donors (Lipinski definition) is 2. The van der Waals surface area contributed by atoms with Crippen molar-refractivity contribution in [2.45, 2.75) is 44.3 Å². The van der Waals surface area contributed by atoms with E-state index in [1.165, 1.54) is 6.08 Å². The van der Waals surface area contributed by atoms with E-state index in [4.69, 9.17) is 0 Å². The van der Waals surface area contributed by atoms with Crippen LogP contribution < -0.4 is 10.6 Å². The first-order valence-corrected chi connectivity index (χ1v) is 9.29. The highest BCUT2D eigenvalue weighted by Crippen LogP contribution is 2.37. The van der Waals surface area contributed by atoms with Crippen LogP contribution in [-0.2, 0) is 15.8 Å². The molecule has 0 aromatic carbocycles. The van der Waals surface area contributed by atoms with E-state index in [0.29, 0.717) is 12.3 Å². The smallest absolute Gasteiger partial charge is 0.307 e. The summed E-state index contributed by atoms with van der Waals surface area (Å²) in [5.41, 5.74) is 0. The summed E-state index contributed by atoms with van der Waals surface area (Å²) in [6.45, 7) is 0.851. The van der Waals surface area contributed by atoms with E-state index in [0.717, 1.165) is 32.2 Å². The molecule has 1 saturated heterocycles. The molecule has 10 heteroatoms. The summed E-state index contributed by atoms with van der Waals surface area (Å²) in [4.78, 5) is 24.1. The normalized spacial score (nSPS) is 21.4. The lowest BCUT2D eigenvalue weighted by Crippen LogP contribution is -2.48. The number of ketones is 1. The van der Waals surface area contributed by atoms with Crippen LogP contribution in [0.2, 0.25) is 0 Å². The number of nitrogens with one attached hydrogen (secondary N) is 2. The van der Waals surface area contributed by atoms with Crippen molar-refractivity contribution in [1.29, 1.82) is 0 Å². The standard InChI is InChI=1S/C16H19F3N4O2S/c17-16(18,19)14-22-23-15(26-14)21-13(25)4-3-10(7-9-1-2-9)8-12(24)11-5-6-20-11/h3-4,9-11,20H,1-2,5-8H2,(H,21,23,25)/b4-3+/t10-,11+/m1/s1. The average Bonchev–Trinajstić information content (AvgIpc) is 3.17. The molecule has 2 atom stereocenters. The third kappa shape index (κ3) is 5.34. The fourth-order valence-electron chi connectivity index (χ4n) is 2.73. The summed E-state index contributed by atoms with van der Waals surface area (Å²) in [6.07, 6.45) is 2.70. The maximum atomic E-state index is 12.5. The number of aromatic nitrogens is 2. The SMILES string of the molecule is O=C(/C=C/[C@@H](CC(=O)[C@@H]1CCN1)CC1CC1)Nc1nnc(C(F)(F)F)s1. The second-order valence-electron chi connectivity index (χ2n) is 6.66. The van der Waals surface area contributed by atoms with Gasteiger partial charge in [-0.1, -0.05) is 30.3 Å². The lowest BCUT2D eigenvalue weighted by atomic mass is 9.90. The van der Waals surface area contributed by atoms with Crippen molar-refractivity contribution >= 4 is 28.2 Å². The fourth-order valence-corrected chi connectivity index (χ4v) is 3.35. The van der Waals surface area contributed by atoms with Crippen LogP contribution in [0.25, 0.3) is 0 Å². The van der Waals surface area contributed by atoms with Gasteiger partial charge in [0, 0.05) is 6.42 Å². The van der Waals surface area contributed by atoms with Gasteiger partial charge in [-0.3, -0.25) is 14.9 Å². The Bertz CT molecular complexity index is 696. The first-order chi connectivity index (χ1) is 12.3. The molecule has 1 amide bonds. The highest BCUT2D eigenvalue weighted by atomic mass is 32.1. The first-order valence-electron chi connectivity index (χ1n) is 8.47. The Kier molecular flexibility index (Phi) is 5.71. The van der Waals surface area contributed by atoms with Gasteiger partial charge < -0.3 is 5.32 Å². The number of allylic oxidation sites excluding steroid dienone is 1. The number of hydrogen-bond acceptors (Lipinski definition) is 6. The Labute approximate surface area is 152 Å². The molecule has 0 radical (unpaired) electrons. The Morgan fingerprint density at radius 1 is 1.31 bits per heavy atom. The van der Waals surface area contributed by atoms with Crippen molar-refractivity contribution in [3.05, 3.63) is 17.2 Å². The summed E-state index contributed by atoms with van der Waals surface area (Å²) < 4.78 is 37.5. The van der Waals surface area contributed by atoms with E-state index >= 15 is 0 Å². The molecule has 2 aliphatic rings. The molecule has 0 unspecified atom stereocenters. The van der Waals surface area contributed by atoms with Gasteiger partial charge in [-0.2, -0.15) is 13.2 Å². The van der Waals surface area contributed by atoms with Gasteiger partial charge in [0.25, 0.3) is 0 Å². The number of halogens is 3. The molecule has 2 fully saturated rings. The van der Waals surface area contributed by atoms with Gasteiger partial charge in [0.1, 0.15) is 5.78 Å². The number of Topliss-reactive ketones (excluding diaryl/α,β-unsaturated/α-hetero) is 1. The van der Waals surface area contributed by atoms with Crippen molar-refractivity contribution in [2.75, 3.05) is 11.9 Å². The maximum Gasteiger partial charge on any atom is 0.445 e. The van der Waals surface area contributed by atoms with E-state index in [1.807, 2.05) is 0 Å². The molecule has 26 heavy (non-hydrogen) atoms. The maximum absolute atomic E-state index is 12.5. The number of rotatable bonds is 8. The van der Waals surface area contributed by atoms with Crippen molar-refractivity contribution in [2.24, 2.45) is 11.8 Å². The van der Waals surface area contributed by atoms with Crippen LogP contribution >= 0.6 is 11.3 Å². The van der Waals surface area contributed by atoms with Crippen LogP contribution in [0.4, 0.5) is 18.3 Å². The molecule has 0 bridgehead atoms. The van der Waals surface area contributed by atoms with Crippen LogP contribution in [0, 0.1) is 11.8 Å². The minimum absolute atomic E-state index is 0.0386. The van der Waals surface area contributed by atoms with Gasteiger partial charge in [-0.15, -0.1) is 10.2 Å². The molecule has 142 valence electrons. The second-order valence-corrected chi connectivity index (χ2v) is 7.64. The van der Waals surface area contributed by atoms with Crippen molar-refractivity contribution in [3.8, 4) is 0 Å². The summed E-state index contributed by atoms with van der Waals surface area (Å²) in [7, 11) is 0. The lowest BCUT2D eigenvalue weighted by molar-refractivity contribution is -0.138. The second kappa shape index (κ2) is 7.83. The van der Waals surface area contributed by atoms with Gasteiger partial charge in [0.2, 0.25) is 16.0 Å². The number of carbonyl (C=O) groups excluding carboxylic acids is 2. The van der Waals surface area contributed by atoms with Gasteiger partial charge in [-0.05, 0) is 37.3 Å². The zero-order chi connectivity index (χ0) is 18.7. The summed E-state index contributed by atoms with van der Waals surface area (Å²) >= 11 is 0.273. The summed E-state index contributed by atoms with van der Waals surface area (Å²) in [6, 6.07) is -0.0823. The molecule has 1 aromatic heterocycles. The van der Waals surface area contributed by atoms with E-state index in [2.05, 4.69) is 20.8 Å². The quantitative estimate of drug-likeness (QED) is 0.669. The van der Waals surface area contributed by atoms with Crippen LogP contribution in [0.3, 0.4) is 0 Å². The van der Waals surface area contributed by atoms with Crippen molar-refractivity contribution in [1.82, 2.24) is 15.5 Å². The number of alkyl halides is 3. The lowest BCUT2D eigenvalue weighted by Gasteiger charge is -2.27. The van der Waals surface area contributed by atoms with Gasteiger partial charge in [-0.25, -0.2) is 0 Å². The number of anilines is 1. The monoisotopic (exact) mass is 388 g/mol. The highest BCUT2D eigenvalue weighted by Gasteiger charge is 2.35. The Balaban J connectivity index is 1.54. The van der Waals surface area contributed by atoms with Gasteiger partial charge in [0.15, 0.2) is 0 Å².